The van der Waals surface area contributed by atoms with Crippen molar-refractivity contribution in [1.29, 1.82) is 0 Å². The predicted octanol–water partition coefficient (Wildman–Crippen LogP) is 3.07. The van der Waals surface area contributed by atoms with Crippen molar-refractivity contribution in [2.45, 2.75) is 31.2 Å². The molecule has 0 aliphatic carbocycles. The monoisotopic (exact) mass is 281 g/mol. The Morgan fingerprint density at radius 3 is 1.94 bits per heavy atom. The molecule has 0 aromatic heterocycles. The van der Waals surface area contributed by atoms with E-state index in [1.54, 1.807) is 26.8 Å². The zero-order valence-corrected chi connectivity index (χ0v) is 11.5. The molecule has 0 radical (unpaired) electrons. The van der Waals surface area contributed by atoms with Gasteiger partial charge in [0.1, 0.15) is 4.90 Å². The smallest absolute Gasteiger partial charge is 0.207 e. The third-order valence-electron chi connectivity index (χ3n) is 1.63. The number of rotatable bonds is 2. The Morgan fingerprint density at radius 2 is 1.56 bits per heavy atom. The lowest BCUT2D eigenvalue weighted by Crippen LogP contribution is -2.40. The molecule has 0 saturated heterocycles. The number of hydrogen-bond acceptors (Lipinski definition) is 2. The zero-order chi connectivity index (χ0) is 12.6. The van der Waals surface area contributed by atoms with Crippen LogP contribution in [0.5, 0.6) is 0 Å². The van der Waals surface area contributed by atoms with E-state index in [2.05, 4.69) is 4.72 Å². The van der Waals surface area contributed by atoms with Crippen LogP contribution in [0.2, 0.25) is 10.0 Å². The van der Waals surface area contributed by atoms with E-state index in [-0.39, 0.29) is 14.9 Å². The normalized spacial score (nSPS) is 12.8. The minimum absolute atomic E-state index is 0.0757. The van der Waals surface area contributed by atoms with Crippen molar-refractivity contribution in [3.05, 3.63) is 28.2 Å². The Hall–Kier alpha value is -0.290. The summed E-state index contributed by atoms with van der Waals surface area (Å²) in [6, 6.07) is 4.58. The molecule has 0 spiro atoms. The second-order valence-electron chi connectivity index (χ2n) is 4.41. The van der Waals surface area contributed by atoms with Gasteiger partial charge >= 0.3 is 0 Å². The molecule has 0 fully saturated rings. The highest BCUT2D eigenvalue weighted by atomic mass is 35.5. The fourth-order valence-corrected chi connectivity index (χ4v) is 3.76. The molecular formula is C10H13Cl2NO2S. The van der Waals surface area contributed by atoms with Gasteiger partial charge in [-0.05, 0) is 32.9 Å². The fourth-order valence-electron chi connectivity index (χ4n) is 1.19. The highest BCUT2D eigenvalue weighted by Crippen LogP contribution is 2.29. The van der Waals surface area contributed by atoms with Crippen molar-refractivity contribution in [2.75, 3.05) is 0 Å². The number of benzene rings is 1. The van der Waals surface area contributed by atoms with Gasteiger partial charge in [0.25, 0.3) is 0 Å². The summed E-state index contributed by atoms with van der Waals surface area (Å²) >= 11 is 11.7. The van der Waals surface area contributed by atoms with E-state index in [9.17, 15) is 8.42 Å². The molecule has 3 nitrogen and oxygen atoms in total. The van der Waals surface area contributed by atoms with Gasteiger partial charge in [0.2, 0.25) is 10.0 Å². The zero-order valence-electron chi connectivity index (χ0n) is 9.21. The highest BCUT2D eigenvalue weighted by molar-refractivity contribution is 7.89. The van der Waals surface area contributed by atoms with Crippen molar-refractivity contribution in [2.24, 2.45) is 0 Å². The minimum Gasteiger partial charge on any atom is -0.207 e. The van der Waals surface area contributed by atoms with Gasteiger partial charge in [0.05, 0.1) is 10.0 Å². The maximum absolute atomic E-state index is 12.0. The molecule has 0 aliphatic rings. The lowest BCUT2D eigenvalue weighted by Gasteiger charge is -2.21. The second kappa shape index (κ2) is 4.53. The first-order valence-corrected chi connectivity index (χ1v) is 6.85. The fraction of sp³-hybridized carbons (Fsp3) is 0.400. The van der Waals surface area contributed by atoms with E-state index >= 15 is 0 Å². The van der Waals surface area contributed by atoms with E-state index < -0.39 is 15.6 Å². The first-order chi connectivity index (χ1) is 7.13. The van der Waals surface area contributed by atoms with Crippen molar-refractivity contribution < 1.29 is 8.42 Å². The summed E-state index contributed by atoms with van der Waals surface area (Å²) in [5, 5.41) is 0.230. The molecule has 0 amide bonds. The van der Waals surface area contributed by atoms with Crippen LogP contribution in [0.25, 0.3) is 0 Å². The van der Waals surface area contributed by atoms with Gasteiger partial charge in [-0.3, -0.25) is 0 Å². The summed E-state index contributed by atoms with van der Waals surface area (Å²) in [6.07, 6.45) is 0. The molecule has 0 aliphatic heterocycles. The van der Waals surface area contributed by atoms with Gasteiger partial charge in [-0.25, -0.2) is 13.1 Å². The minimum atomic E-state index is -3.69. The van der Waals surface area contributed by atoms with Crippen LogP contribution in [0.15, 0.2) is 23.1 Å². The summed E-state index contributed by atoms with van der Waals surface area (Å²) in [4.78, 5) is -0.0757. The van der Waals surface area contributed by atoms with Crippen LogP contribution >= 0.6 is 23.2 Å². The largest absolute Gasteiger partial charge is 0.244 e. The summed E-state index contributed by atoms with van der Waals surface area (Å²) < 4.78 is 26.5. The Kier molecular flexibility index (Phi) is 3.90. The van der Waals surface area contributed by atoms with Crippen molar-refractivity contribution in [3.8, 4) is 0 Å². The summed E-state index contributed by atoms with van der Waals surface area (Å²) in [6.45, 7) is 5.24. The van der Waals surface area contributed by atoms with Crippen LogP contribution in [-0.4, -0.2) is 14.0 Å². The second-order valence-corrected chi connectivity index (χ2v) is 6.84. The summed E-state index contributed by atoms with van der Waals surface area (Å²) in [7, 11) is -3.69. The van der Waals surface area contributed by atoms with Gasteiger partial charge in [0, 0.05) is 5.54 Å². The topological polar surface area (TPSA) is 46.2 Å². The van der Waals surface area contributed by atoms with Crippen LogP contribution in [0.4, 0.5) is 0 Å². The van der Waals surface area contributed by atoms with Gasteiger partial charge in [0.15, 0.2) is 0 Å². The SMILES string of the molecule is CC(C)(C)NS(=O)(=O)c1c(Cl)cccc1Cl. The summed E-state index contributed by atoms with van der Waals surface area (Å²) in [5.41, 5.74) is -0.582. The number of nitrogens with one attached hydrogen (secondary N) is 1. The van der Waals surface area contributed by atoms with Crippen LogP contribution < -0.4 is 4.72 Å². The van der Waals surface area contributed by atoms with Crippen LogP contribution in [0.1, 0.15) is 20.8 Å². The van der Waals surface area contributed by atoms with E-state index in [1.165, 1.54) is 12.1 Å². The maximum Gasteiger partial charge on any atom is 0.244 e. The lowest BCUT2D eigenvalue weighted by atomic mass is 10.1. The van der Waals surface area contributed by atoms with Crippen LogP contribution in [-0.2, 0) is 10.0 Å². The molecule has 6 heteroatoms. The van der Waals surface area contributed by atoms with Gasteiger partial charge < -0.3 is 0 Å². The quantitative estimate of drug-likeness (QED) is 0.906. The Balaban J connectivity index is 3.29. The Morgan fingerprint density at radius 1 is 1.12 bits per heavy atom. The number of hydrogen-bond donors (Lipinski definition) is 1. The average Bonchev–Trinajstić information content (AvgIpc) is 1.97. The molecule has 1 N–H and O–H groups in total. The third kappa shape index (κ3) is 3.35. The van der Waals surface area contributed by atoms with Gasteiger partial charge in [-0.1, -0.05) is 29.3 Å². The van der Waals surface area contributed by atoms with Gasteiger partial charge in [-0.2, -0.15) is 0 Å². The van der Waals surface area contributed by atoms with Crippen LogP contribution in [0, 0.1) is 0 Å². The lowest BCUT2D eigenvalue weighted by molar-refractivity contribution is 0.491. The molecule has 0 heterocycles. The maximum atomic E-state index is 12.0. The highest BCUT2D eigenvalue weighted by Gasteiger charge is 2.26. The Bertz CT molecular complexity index is 472. The third-order valence-corrected chi connectivity index (χ3v) is 4.34. The van der Waals surface area contributed by atoms with E-state index in [0.29, 0.717) is 0 Å². The first-order valence-electron chi connectivity index (χ1n) is 4.61. The number of sulfonamides is 1. The van der Waals surface area contributed by atoms with Gasteiger partial charge in [-0.15, -0.1) is 0 Å². The van der Waals surface area contributed by atoms with Crippen molar-refractivity contribution >= 4 is 33.2 Å². The standard InChI is InChI=1S/C10H13Cl2NO2S/c1-10(2,3)13-16(14,15)9-7(11)5-4-6-8(9)12/h4-6,13H,1-3H3. The molecule has 0 unspecified atom stereocenters. The molecule has 1 aromatic rings. The molecule has 90 valence electrons. The van der Waals surface area contributed by atoms with Crippen LogP contribution in [0.3, 0.4) is 0 Å². The van der Waals surface area contributed by atoms with E-state index in [4.69, 9.17) is 23.2 Å². The molecule has 1 rings (SSSR count). The summed E-state index contributed by atoms with van der Waals surface area (Å²) in [5.74, 6) is 0. The Labute approximate surface area is 106 Å². The molecule has 16 heavy (non-hydrogen) atoms. The van der Waals surface area contributed by atoms with E-state index in [0.717, 1.165) is 0 Å². The molecule has 0 bridgehead atoms. The average molecular weight is 282 g/mol. The molecular weight excluding hydrogens is 269 g/mol. The number of halogens is 2. The van der Waals surface area contributed by atoms with Crippen molar-refractivity contribution in [1.82, 2.24) is 4.72 Å². The molecule has 0 saturated carbocycles. The van der Waals surface area contributed by atoms with Crippen molar-refractivity contribution in [3.63, 3.8) is 0 Å². The molecule has 0 atom stereocenters. The predicted molar refractivity (Wildman–Crippen MR) is 66.5 cm³/mol. The first kappa shape index (κ1) is 13.8. The molecule has 1 aromatic carbocycles. The van der Waals surface area contributed by atoms with E-state index in [1.807, 2.05) is 0 Å².